The van der Waals surface area contributed by atoms with Crippen molar-refractivity contribution in [3.05, 3.63) is 69.7 Å². The lowest BCUT2D eigenvalue weighted by molar-refractivity contribution is -0.139. The van der Waals surface area contributed by atoms with Gasteiger partial charge in [0.05, 0.1) is 11.1 Å². The van der Waals surface area contributed by atoms with Crippen LogP contribution in [0.5, 0.6) is 0 Å². The van der Waals surface area contributed by atoms with Crippen molar-refractivity contribution >= 4 is 49.8 Å². The Morgan fingerprint density at radius 2 is 1.94 bits per heavy atom. The summed E-state index contributed by atoms with van der Waals surface area (Å²) in [5, 5.41) is 15.8. The van der Waals surface area contributed by atoms with E-state index in [4.69, 9.17) is 9.26 Å². The molecular formula is C23H16N2O5S2. The quantitative estimate of drug-likeness (QED) is 0.393. The smallest absolute Gasteiger partial charge is 0.412 e. The first-order valence-corrected chi connectivity index (χ1v) is 11.4. The Bertz CT molecular complexity index is 1340. The number of amides is 1. The third kappa shape index (κ3) is 3.98. The molecule has 2 N–H and O–H groups in total. The molecule has 9 heteroatoms. The minimum Gasteiger partial charge on any atom is -0.481 e. The number of carbonyl (C=O) groups is 2. The Hall–Kier alpha value is -3.61. The fourth-order valence-corrected chi connectivity index (χ4v) is 5.72. The van der Waals surface area contributed by atoms with Crippen molar-refractivity contribution in [2.45, 2.75) is 24.9 Å². The molecule has 7 nitrogen and oxygen atoms in total. The van der Waals surface area contributed by atoms with Crippen LogP contribution in [-0.2, 0) is 21.6 Å². The minimum absolute atomic E-state index is 0.149. The van der Waals surface area contributed by atoms with Gasteiger partial charge in [0.1, 0.15) is 17.7 Å². The number of fused-ring (bicyclic) bond motifs is 1. The Labute approximate surface area is 190 Å². The van der Waals surface area contributed by atoms with Gasteiger partial charge in [0.15, 0.2) is 0 Å². The van der Waals surface area contributed by atoms with Gasteiger partial charge in [0.25, 0.3) is 0 Å². The van der Waals surface area contributed by atoms with Gasteiger partial charge >= 0.3 is 12.1 Å². The van der Waals surface area contributed by atoms with Gasteiger partial charge in [-0.05, 0) is 42.4 Å². The average molecular weight is 465 g/mol. The number of nitrogens with one attached hydrogen (secondary N) is 1. The summed E-state index contributed by atoms with van der Waals surface area (Å²) in [6, 6.07) is 13.3. The zero-order chi connectivity index (χ0) is 22.1. The summed E-state index contributed by atoms with van der Waals surface area (Å²) in [6.45, 7) is 0.149. The van der Waals surface area contributed by atoms with Crippen molar-refractivity contribution in [1.29, 1.82) is 0 Å². The summed E-state index contributed by atoms with van der Waals surface area (Å²) in [6.07, 6.45) is 2.13. The molecule has 1 amide bonds. The Morgan fingerprint density at radius 1 is 1.16 bits per heavy atom. The number of hydrogen-bond acceptors (Lipinski definition) is 7. The van der Waals surface area contributed by atoms with Crippen LogP contribution in [0.25, 0.3) is 9.40 Å². The lowest BCUT2D eigenvalue weighted by atomic mass is 10.1. The van der Waals surface area contributed by atoms with E-state index in [9.17, 15) is 14.7 Å². The van der Waals surface area contributed by atoms with Crippen LogP contribution in [0.3, 0.4) is 0 Å². The number of carboxylic acids is 1. The highest BCUT2D eigenvalue weighted by atomic mass is 32.1. The number of benzene rings is 1. The van der Waals surface area contributed by atoms with Gasteiger partial charge in [-0.25, -0.2) is 4.79 Å². The van der Waals surface area contributed by atoms with Crippen LogP contribution in [0.1, 0.15) is 33.9 Å². The van der Waals surface area contributed by atoms with Crippen molar-refractivity contribution in [3.63, 3.8) is 0 Å². The molecule has 4 aromatic rings. The van der Waals surface area contributed by atoms with Gasteiger partial charge in [-0.3, -0.25) is 10.1 Å². The van der Waals surface area contributed by atoms with Crippen LogP contribution in [-0.4, -0.2) is 22.3 Å². The number of anilines is 1. The second kappa shape index (κ2) is 8.15. The number of aromatic nitrogens is 1. The molecule has 3 heterocycles. The largest absolute Gasteiger partial charge is 0.481 e. The predicted octanol–water partition coefficient (Wildman–Crippen LogP) is 5.22. The van der Waals surface area contributed by atoms with Crippen LogP contribution in [0.15, 0.2) is 53.2 Å². The number of carboxylic acid groups (broad SMARTS) is 1. The average Bonchev–Trinajstić information content (AvgIpc) is 3.11. The van der Waals surface area contributed by atoms with Crippen molar-refractivity contribution in [1.82, 2.24) is 5.16 Å². The van der Waals surface area contributed by atoms with E-state index >= 15 is 0 Å². The highest BCUT2D eigenvalue weighted by Gasteiger charge is 2.53. The molecule has 1 aliphatic rings. The van der Waals surface area contributed by atoms with Gasteiger partial charge in [-0.2, -0.15) is 0 Å². The first kappa shape index (κ1) is 20.3. The van der Waals surface area contributed by atoms with E-state index in [1.54, 1.807) is 0 Å². The first-order chi connectivity index (χ1) is 15.5. The van der Waals surface area contributed by atoms with E-state index in [2.05, 4.69) is 22.3 Å². The van der Waals surface area contributed by atoms with Crippen LogP contribution >= 0.6 is 22.7 Å². The highest BCUT2D eigenvalue weighted by molar-refractivity contribution is 7.28. The zero-order valence-electron chi connectivity index (χ0n) is 16.6. The number of nitrogens with zero attached hydrogens (tertiary/aromatic N) is 1. The molecular weight excluding hydrogens is 448 g/mol. The van der Waals surface area contributed by atoms with E-state index in [1.165, 1.54) is 28.9 Å². The molecule has 0 saturated heterocycles. The van der Waals surface area contributed by atoms with E-state index in [-0.39, 0.29) is 12.4 Å². The SMILES string of the molecule is O=C(Nc1cnoc1C#Cc1cc2sc(C3(C(=O)O)CC3)cc2s1)OCc1ccccc1. The topological polar surface area (TPSA) is 102 Å². The third-order valence-corrected chi connectivity index (χ3v) is 7.57. The van der Waals surface area contributed by atoms with Crippen molar-refractivity contribution in [2.75, 3.05) is 5.32 Å². The normalized spacial score (nSPS) is 13.9. The summed E-state index contributed by atoms with van der Waals surface area (Å²) >= 11 is 3.00. The molecule has 160 valence electrons. The standard InChI is InChI=1S/C23H16N2O5S2/c26-21(27)23(8-9-23)20-11-19-18(32-20)10-15(31-19)6-7-17-16(12-24-30-17)25-22(28)29-13-14-4-2-1-3-5-14/h1-5,10-12H,8-9,13H2,(H,25,28)(H,26,27). The molecule has 1 aromatic carbocycles. The maximum absolute atomic E-state index is 12.1. The fraction of sp³-hybridized carbons (Fsp3) is 0.174. The van der Waals surface area contributed by atoms with Gasteiger partial charge in [0, 0.05) is 14.3 Å². The Balaban J connectivity index is 1.26. The van der Waals surface area contributed by atoms with Crippen LogP contribution in [0, 0.1) is 11.8 Å². The number of hydrogen-bond donors (Lipinski definition) is 2. The molecule has 0 spiro atoms. The predicted molar refractivity (Wildman–Crippen MR) is 121 cm³/mol. The molecule has 0 unspecified atom stereocenters. The number of carbonyl (C=O) groups excluding carboxylic acids is 1. The maximum Gasteiger partial charge on any atom is 0.412 e. The third-order valence-electron chi connectivity index (χ3n) is 5.16. The molecule has 1 saturated carbocycles. The summed E-state index contributed by atoms with van der Waals surface area (Å²) in [7, 11) is 0. The summed E-state index contributed by atoms with van der Waals surface area (Å²) in [4.78, 5) is 25.3. The van der Waals surface area contributed by atoms with Gasteiger partial charge in [0.2, 0.25) is 5.76 Å². The summed E-state index contributed by atoms with van der Waals surface area (Å²) < 4.78 is 12.4. The van der Waals surface area contributed by atoms with E-state index in [1.807, 2.05) is 42.5 Å². The van der Waals surface area contributed by atoms with Crippen molar-refractivity contribution in [2.24, 2.45) is 0 Å². The van der Waals surface area contributed by atoms with Crippen LogP contribution in [0.4, 0.5) is 10.5 Å². The molecule has 0 bridgehead atoms. The van der Waals surface area contributed by atoms with Gasteiger partial charge in [-0.1, -0.05) is 35.5 Å². The molecule has 1 fully saturated rings. The Kier molecular flexibility index (Phi) is 5.17. The van der Waals surface area contributed by atoms with Crippen LogP contribution in [0.2, 0.25) is 0 Å². The fourth-order valence-electron chi connectivity index (χ4n) is 3.23. The molecule has 5 rings (SSSR count). The molecule has 32 heavy (non-hydrogen) atoms. The van der Waals surface area contributed by atoms with Gasteiger partial charge in [-0.15, -0.1) is 22.7 Å². The number of ether oxygens (including phenoxy) is 1. The second-order valence-corrected chi connectivity index (χ2v) is 9.51. The lowest BCUT2D eigenvalue weighted by Gasteiger charge is -2.05. The van der Waals surface area contributed by atoms with Gasteiger partial charge < -0.3 is 14.4 Å². The summed E-state index contributed by atoms with van der Waals surface area (Å²) in [5.74, 6) is 5.38. The van der Waals surface area contributed by atoms with E-state index in [0.717, 1.165) is 24.7 Å². The highest BCUT2D eigenvalue weighted by Crippen LogP contribution is 2.52. The van der Waals surface area contributed by atoms with Crippen molar-refractivity contribution in [3.8, 4) is 11.8 Å². The molecule has 1 aliphatic carbocycles. The zero-order valence-corrected chi connectivity index (χ0v) is 18.2. The monoisotopic (exact) mass is 464 g/mol. The molecule has 3 aromatic heterocycles. The van der Waals surface area contributed by atoms with E-state index in [0.29, 0.717) is 18.5 Å². The lowest BCUT2D eigenvalue weighted by Crippen LogP contribution is -2.17. The molecule has 0 aliphatic heterocycles. The minimum atomic E-state index is -0.751. The number of rotatable bonds is 5. The van der Waals surface area contributed by atoms with Crippen molar-refractivity contribution < 1.29 is 24.0 Å². The number of thiophene rings is 2. The Morgan fingerprint density at radius 3 is 2.66 bits per heavy atom. The summed E-state index contributed by atoms with van der Waals surface area (Å²) in [5.41, 5.74) is 0.517. The van der Waals surface area contributed by atoms with E-state index < -0.39 is 17.5 Å². The molecule has 0 radical (unpaired) electrons. The van der Waals surface area contributed by atoms with Crippen LogP contribution < -0.4 is 5.32 Å². The first-order valence-electron chi connectivity index (χ1n) is 9.75. The number of aliphatic carboxylic acids is 1. The maximum atomic E-state index is 12.1. The molecule has 0 atom stereocenters. The second-order valence-electron chi connectivity index (χ2n) is 7.34.